The number of ketones is 1. The largest absolute Gasteiger partial charge is 0.354 e. The second-order valence-electron chi connectivity index (χ2n) is 5.41. The van der Waals surface area contributed by atoms with Crippen LogP contribution in [0.2, 0.25) is 0 Å². The zero-order valence-electron chi connectivity index (χ0n) is 12.4. The Balaban J connectivity index is 2.21. The van der Waals surface area contributed by atoms with Crippen LogP contribution in [0.1, 0.15) is 58.8 Å². The van der Waals surface area contributed by atoms with Gasteiger partial charge in [-0.25, -0.2) is 0 Å². The summed E-state index contributed by atoms with van der Waals surface area (Å²) in [5.74, 6) is -0.0971. The topological polar surface area (TPSA) is 74.0 Å². The van der Waals surface area contributed by atoms with Gasteiger partial charge in [0.05, 0.1) is 0 Å². The van der Waals surface area contributed by atoms with Crippen molar-refractivity contribution in [3.8, 4) is 0 Å². The molecule has 1 aromatic rings. The highest BCUT2D eigenvalue weighted by molar-refractivity contribution is 6.02. The minimum atomic E-state index is -0.105. The van der Waals surface area contributed by atoms with Crippen LogP contribution in [0.5, 0.6) is 0 Å². The fraction of sp³-hybridized carbons (Fsp3) is 0.600. The van der Waals surface area contributed by atoms with Gasteiger partial charge in [0.25, 0.3) is 5.91 Å². The molecule has 20 heavy (non-hydrogen) atoms. The second kappa shape index (κ2) is 6.22. The number of hydrogen-bond acceptors (Lipinski definition) is 3. The molecule has 110 valence electrons. The quantitative estimate of drug-likeness (QED) is 0.731. The number of amides is 1. The van der Waals surface area contributed by atoms with E-state index >= 15 is 0 Å². The van der Waals surface area contributed by atoms with E-state index in [-0.39, 0.29) is 17.7 Å². The minimum absolute atomic E-state index is 0.00832. The van der Waals surface area contributed by atoms with E-state index in [1.807, 2.05) is 13.8 Å². The van der Waals surface area contributed by atoms with Gasteiger partial charge in [-0.3, -0.25) is 9.59 Å². The van der Waals surface area contributed by atoms with Gasteiger partial charge in [-0.15, -0.1) is 0 Å². The van der Waals surface area contributed by atoms with Gasteiger partial charge in [0.2, 0.25) is 0 Å². The van der Waals surface area contributed by atoms with Crippen LogP contribution in [0.25, 0.3) is 0 Å². The number of H-pyrrole nitrogens is 1. The van der Waals surface area contributed by atoms with Crippen molar-refractivity contribution in [3.05, 3.63) is 22.5 Å². The van der Waals surface area contributed by atoms with Gasteiger partial charge in [0.15, 0.2) is 5.78 Å². The van der Waals surface area contributed by atoms with E-state index in [9.17, 15) is 9.59 Å². The standard InChI is InChI=1S/C15H23N3O2/c1-4-12-13(10(3)19)9(2)17-14(12)15(20)18-11-6-5-7-16-8-11/h11,16-17H,4-8H2,1-3H3,(H,18,20)/t11-/m0/s1. The Morgan fingerprint density at radius 3 is 2.70 bits per heavy atom. The smallest absolute Gasteiger partial charge is 0.268 e. The van der Waals surface area contributed by atoms with Gasteiger partial charge in [-0.05, 0) is 45.2 Å². The Kier molecular flexibility index (Phi) is 4.60. The van der Waals surface area contributed by atoms with Gasteiger partial charge in [0.1, 0.15) is 5.69 Å². The molecule has 5 nitrogen and oxygen atoms in total. The molecule has 1 aromatic heterocycles. The number of rotatable bonds is 4. The summed E-state index contributed by atoms with van der Waals surface area (Å²) in [5.41, 5.74) is 2.82. The van der Waals surface area contributed by atoms with Gasteiger partial charge >= 0.3 is 0 Å². The van der Waals surface area contributed by atoms with Crippen LogP contribution in [-0.2, 0) is 6.42 Å². The van der Waals surface area contributed by atoms with Crippen molar-refractivity contribution in [1.29, 1.82) is 0 Å². The molecule has 2 heterocycles. The third kappa shape index (κ3) is 2.93. The third-order valence-corrected chi connectivity index (χ3v) is 3.86. The van der Waals surface area contributed by atoms with Gasteiger partial charge in [0, 0.05) is 23.8 Å². The Labute approximate surface area is 119 Å². The molecule has 1 atom stereocenters. The first-order chi connectivity index (χ1) is 9.54. The molecular weight excluding hydrogens is 254 g/mol. The van der Waals surface area contributed by atoms with Crippen LogP contribution in [0.15, 0.2) is 0 Å². The normalized spacial score (nSPS) is 18.9. The minimum Gasteiger partial charge on any atom is -0.354 e. The molecular formula is C15H23N3O2. The van der Waals surface area contributed by atoms with Crippen LogP contribution in [0.4, 0.5) is 0 Å². The summed E-state index contributed by atoms with van der Waals surface area (Å²) in [4.78, 5) is 27.2. The summed E-state index contributed by atoms with van der Waals surface area (Å²) < 4.78 is 0. The van der Waals surface area contributed by atoms with Gasteiger partial charge in [-0.2, -0.15) is 0 Å². The summed E-state index contributed by atoms with van der Waals surface area (Å²) in [6, 6.07) is 0.172. The van der Waals surface area contributed by atoms with E-state index in [0.29, 0.717) is 17.7 Å². The van der Waals surface area contributed by atoms with Crippen molar-refractivity contribution in [1.82, 2.24) is 15.6 Å². The second-order valence-corrected chi connectivity index (χ2v) is 5.41. The van der Waals surface area contributed by atoms with E-state index in [1.54, 1.807) is 6.92 Å². The van der Waals surface area contributed by atoms with Crippen molar-refractivity contribution in [2.24, 2.45) is 0 Å². The number of aryl methyl sites for hydroxylation is 1. The number of hydrogen-bond donors (Lipinski definition) is 3. The maximum atomic E-state index is 12.4. The molecule has 1 amide bonds. The van der Waals surface area contributed by atoms with Crippen LogP contribution in [0.3, 0.4) is 0 Å². The van der Waals surface area contributed by atoms with E-state index in [4.69, 9.17) is 0 Å². The first-order valence-corrected chi connectivity index (χ1v) is 7.28. The highest BCUT2D eigenvalue weighted by Crippen LogP contribution is 2.20. The molecule has 1 aliphatic rings. The van der Waals surface area contributed by atoms with Crippen molar-refractivity contribution in [2.75, 3.05) is 13.1 Å². The van der Waals surface area contributed by atoms with E-state index < -0.39 is 0 Å². The number of aromatic nitrogens is 1. The van der Waals surface area contributed by atoms with Crippen LogP contribution in [-0.4, -0.2) is 35.8 Å². The number of aromatic amines is 1. The van der Waals surface area contributed by atoms with Crippen LogP contribution in [0, 0.1) is 6.92 Å². The zero-order valence-corrected chi connectivity index (χ0v) is 12.4. The number of carbonyl (C=O) groups excluding carboxylic acids is 2. The molecule has 0 aliphatic carbocycles. The molecule has 3 N–H and O–H groups in total. The molecule has 0 saturated carbocycles. The Hall–Kier alpha value is -1.62. The fourth-order valence-corrected chi connectivity index (χ4v) is 2.93. The molecule has 1 aliphatic heterocycles. The molecule has 5 heteroatoms. The predicted molar refractivity (Wildman–Crippen MR) is 78.3 cm³/mol. The molecule has 0 bridgehead atoms. The van der Waals surface area contributed by atoms with Crippen molar-refractivity contribution in [3.63, 3.8) is 0 Å². The molecule has 0 aromatic carbocycles. The third-order valence-electron chi connectivity index (χ3n) is 3.86. The first kappa shape index (κ1) is 14.8. The Bertz CT molecular complexity index is 513. The fourth-order valence-electron chi connectivity index (χ4n) is 2.93. The molecule has 0 spiro atoms. The van der Waals surface area contributed by atoms with Crippen LogP contribution >= 0.6 is 0 Å². The molecule has 1 fully saturated rings. The van der Waals surface area contributed by atoms with Crippen molar-refractivity contribution < 1.29 is 9.59 Å². The lowest BCUT2D eigenvalue weighted by Gasteiger charge is -2.23. The summed E-state index contributed by atoms with van der Waals surface area (Å²) in [5, 5.41) is 6.32. The molecule has 0 radical (unpaired) electrons. The highest BCUT2D eigenvalue weighted by Gasteiger charge is 2.23. The van der Waals surface area contributed by atoms with Gasteiger partial charge < -0.3 is 15.6 Å². The summed E-state index contributed by atoms with van der Waals surface area (Å²) in [7, 11) is 0. The average molecular weight is 277 g/mol. The Morgan fingerprint density at radius 2 is 2.15 bits per heavy atom. The lowest BCUT2D eigenvalue weighted by atomic mass is 10.0. The monoisotopic (exact) mass is 277 g/mol. The van der Waals surface area contributed by atoms with E-state index in [0.717, 1.165) is 37.2 Å². The number of nitrogens with one attached hydrogen (secondary N) is 3. The van der Waals surface area contributed by atoms with Crippen molar-refractivity contribution >= 4 is 11.7 Å². The lowest BCUT2D eigenvalue weighted by molar-refractivity contribution is 0.0925. The van der Waals surface area contributed by atoms with Crippen molar-refractivity contribution in [2.45, 2.75) is 46.1 Å². The first-order valence-electron chi connectivity index (χ1n) is 7.28. The average Bonchev–Trinajstić information content (AvgIpc) is 2.76. The number of Topliss-reactive ketones (excluding diaryl/α,β-unsaturated/α-hetero) is 1. The van der Waals surface area contributed by atoms with Gasteiger partial charge in [-0.1, -0.05) is 6.92 Å². The summed E-state index contributed by atoms with van der Waals surface area (Å²) in [6.07, 6.45) is 2.75. The lowest BCUT2D eigenvalue weighted by Crippen LogP contribution is -2.45. The van der Waals surface area contributed by atoms with E-state index in [2.05, 4.69) is 15.6 Å². The summed E-state index contributed by atoms with van der Waals surface area (Å²) in [6.45, 7) is 7.18. The zero-order chi connectivity index (χ0) is 14.7. The maximum absolute atomic E-state index is 12.4. The number of piperidine rings is 1. The SMILES string of the molecule is CCc1c(C(=O)N[C@H]2CCCNC2)[nH]c(C)c1C(C)=O. The molecule has 1 saturated heterocycles. The highest BCUT2D eigenvalue weighted by atomic mass is 16.2. The Morgan fingerprint density at radius 1 is 1.40 bits per heavy atom. The van der Waals surface area contributed by atoms with E-state index in [1.165, 1.54) is 0 Å². The van der Waals surface area contributed by atoms with Crippen LogP contribution < -0.4 is 10.6 Å². The molecule has 0 unspecified atom stereocenters. The summed E-state index contributed by atoms with van der Waals surface area (Å²) >= 11 is 0. The predicted octanol–water partition coefficient (Wildman–Crippen LogP) is 1.57. The number of carbonyl (C=O) groups is 2. The molecule has 2 rings (SSSR count). The maximum Gasteiger partial charge on any atom is 0.268 e.